The number of nitrogens with zero attached hydrogens (tertiary/aromatic N) is 2. The predicted octanol–water partition coefficient (Wildman–Crippen LogP) is 5.35. The smallest absolute Gasteiger partial charge is 0.271 e. The van der Waals surface area contributed by atoms with E-state index in [2.05, 4.69) is 17.2 Å². The van der Waals surface area contributed by atoms with Crippen LogP contribution in [0.2, 0.25) is 0 Å². The summed E-state index contributed by atoms with van der Waals surface area (Å²) in [6, 6.07) is 8.45. The minimum Gasteiger partial charge on any atom is -0.491 e. The van der Waals surface area contributed by atoms with Gasteiger partial charge in [-0.05, 0) is 51.3 Å². The molecule has 2 heterocycles. The number of thioether (sulfide) groups is 1. The molecule has 5 nitrogen and oxygen atoms in total. The summed E-state index contributed by atoms with van der Waals surface area (Å²) in [6.07, 6.45) is 6.06. The van der Waals surface area contributed by atoms with E-state index in [0.29, 0.717) is 6.04 Å². The monoisotopic (exact) mass is 385 g/mol. The Kier molecular flexibility index (Phi) is 5.17. The topological polar surface area (TPSA) is 59.4 Å². The molecule has 27 heavy (non-hydrogen) atoms. The molecule has 1 fully saturated rings. The fraction of sp³-hybridized carbons (Fsp3) is 0.524. The van der Waals surface area contributed by atoms with E-state index in [-0.39, 0.29) is 16.9 Å². The van der Waals surface area contributed by atoms with Gasteiger partial charge < -0.3 is 4.74 Å². The van der Waals surface area contributed by atoms with Crippen LogP contribution in [0.15, 0.2) is 34.1 Å². The van der Waals surface area contributed by atoms with Crippen LogP contribution in [0.5, 0.6) is 5.75 Å². The van der Waals surface area contributed by atoms with Crippen LogP contribution in [0.4, 0.5) is 5.82 Å². The Labute approximate surface area is 164 Å². The number of H-pyrrole nitrogens is 1. The first-order valence-electron chi connectivity index (χ1n) is 9.86. The van der Waals surface area contributed by atoms with E-state index in [1.165, 1.54) is 19.3 Å². The third-order valence-corrected chi connectivity index (χ3v) is 6.40. The number of nitrogens with one attached hydrogen (secondary N) is 1. The van der Waals surface area contributed by atoms with Crippen LogP contribution in [-0.4, -0.2) is 20.9 Å². The van der Waals surface area contributed by atoms with Crippen LogP contribution in [0.1, 0.15) is 75.3 Å². The molecule has 2 aliphatic rings. The molecule has 144 valence electrons. The third-order valence-electron chi connectivity index (χ3n) is 5.22. The standard InChI is InChI=1S/C21H27N3O2S/c1-13(2)26-17-11-7-8-15(12-17)19-18-20(22-14(3)27-19)24(23-21(18)25)16-9-5-4-6-10-16/h7-8,11-13,16,19H,4-6,9-10H2,1-3H3,(H,23,25)/t19-/m0/s1. The number of rotatable bonds is 4. The molecule has 2 aromatic rings. The van der Waals surface area contributed by atoms with E-state index < -0.39 is 0 Å². The second-order valence-corrected chi connectivity index (χ2v) is 9.01. The van der Waals surface area contributed by atoms with Crippen LogP contribution < -0.4 is 10.3 Å². The van der Waals surface area contributed by atoms with Gasteiger partial charge in [0.05, 0.1) is 28.0 Å². The van der Waals surface area contributed by atoms with Crippen LogP contribution >= 0.6 is 11.8 Å². The molecular weight excluding hydrogens is 358 g/mol. The first-order valence-corrected chi connectivity index (χ1v) is 10.7. The van der Waals surface area contributed by atoms with Gasteiger partial charge in [-0.2, -0.15) is 0 Å². The van der Waals surface area contributed by atoms with Gasteiger partial charge in [-0.3, -0.25) is 14.6 Å². The lowest BCUT2D eigenvalue weighted by Gasteiger charge is -2.26. The van der Waals surface area contributed by atoms with Crippen molar-refractivity contribution in [2.24, 2.45) is 4.99 Å². The fourth-order valence-corrected chi connectivity index (χ4v) is 5.16. The van der Waals surface area contributed by atoms with Gasteiger partial charge in [0.2, 0.25) is 0 Å². The number of aromatic nitrogens is 2. The molecule has 4 rings (SSSR count). The average molecular weight is 386 g/mol. The number of ether oxygens (including phenoxy) is 1. The second-order valence-electron chi connectivity index (χ2n) is 7.71. The summed E-state index contributed by atoms with van der Waals surface area (Å²) in [5.74, 6) is 1.66. The summed E-state index contributed by atoms with van der Waals surface area (Å²) in [4.78, 5) is 17.7. The van der Waals surface area contributed by atoms with E-state index in [1.807, 2.05) is 37.6 Å². The van der Waals surface area contributed by atoms with Crippen molar-refractivity contribution in [3.8, 4) is 5.75 Å². The van der Waals surface area contributed by atoms with Crippen LogP contribution in [0.3, 0.4) is 0 Å². The van der Waals surface area contributed by atoms with E-state index in [4.69, 9.17) is 9.73 Å². The van der Waals surface area contributed by atoms with Crippen LogP contribution in [0.25, 0.3) is 0 Å². The van der Waals surface area contributed by atoms with Crippen molar-refractivity contribution >= 4 is 22.6 Å². The van der Waals surface area contributed by atoms with Crippen molar-refractivity contribution in [1.29, 1.82) is 0 Å². The first kappa shape index (κ1) is 18.4. The highest BCUT2D eigenvalue weighted by Gasteiger charge is 2.32. The molecule has 1 N–H and O–H groups in total. The van der Waals surface area contributed by atoms with Gasteiger partial charge in [-0.25, -0.2) is 4.99 Å². The molecule has 0 radical (unpaired) electrons. The zero-order valence-electron chi connectivity index (χ0n) is 16.2. The summed E-state index contributed by atoms with van der Waals surface area (Å²) in [5, 5.41) is 4.04. The molecule has 0 saturated heterocycles. The van der Waals surface area contributed by atoms with E-state index in [1.54, 1.807) is 11.8 Å². The van der Waals surface area contributed by atoms with Gasteiger partial charge in [-0.15, -0.1) is 0 Å². The molecule has 1 aliphatic carbocycles. The number of fused-ring (bicyclic) bond motifs is 1. The lowest BCUT2D eigenvalue weighted by Crippen LogP contribution is -2.16. The largest absolute Gasteiger partial charge is 0.491 e. The summed E-state index contributed by atoms with van der Waals surface area (Å²) in [7, 11) is 0. The van der Waals surface area contributed by atoms with E-state index >= 15 is 0 Å². The van der Waals surface area contributed by atoms with Gasteiger partial charge in [-0.1, -0.05) is 43.2 Å². The predicted molar refractivity (Wildman–Crippen MR) is 112 cm³/mol. The summed E-state index contributed by atoms with van der Waals surface area (Å²) in [6.45, 7) is 6.07. The maximum atomic E-state index is 12.9. The van der Waals surface area contributed by atoms with Crippen LogP contribution in [-0.2, 0) is 0 Å². The zero-order chi connectivity index (χ0) is 19.0. The molecule has 1 aromatic heterocycles. The molecule has 0 unspecified atom stereocenters. The highest BCUT2D eigenvalue weighted by atomic mass is 32.2. The molecule has 0 bridgehead atoms. The number of aromatic amines is 1. The van der Waals surface area contributed by atoms with E-state index in [0.717, 1.165) is 40.6 Å². The summed E-state index contributed by atoms with van der Waals surface area (Å²) < 4.78 is 7.90. The van der Waals surface area contributed by atoms with Crippen molar-refractivity contribution in [2.75, 3.05) is 0 Å². The molecular formula is C21H27N3O2S. The van der Waals surface area contributed by atoms with Crippen molar-refractivity contribution in [3.63, 3.8) is 0 Å². The maximum absolute atomic E-state index is 12.9. The van der Waals surface area contributed by atoms with Crippen molar-refractivity contribution in [3.05, 3.63) is 45.7 Å². The Morgan fingerprint density at radius 1 is 1.26 bits per heavy atom. The Bertz CT molecular complexity index is 906. The van der Waals surface area contributed by atoms with Gasteiger partial charge >= 0.3 is 0 Å². The summed E-state index contributed by atoms with van der Waals surface area (Å²) in [5.41, 5.74) is 1.85. The Balaban J connectivity index is 1.75. The molecule has 1 atom stereocenters. The summed E-state index contributed by atoms with van der Waals surface area (Å²) >= 11 is 1.64. The zero-order valence-corrected chi connectivity index (χ0v) is 17.0. The Hall–Kier alpha value is -1.95. The van der Waals surface area contributed by atoms with Gasteiger partial charge in [0.15, 0.2) is 5.82 Å². The minimum atomic E-state index is -0.0539. The van der Waals surface area contributed by atoms with Crippen molar-refractivity contribution in [1.82, 2.24) is 9.78 Å². The number of benzene rings is 1. The van der Waals surface area contributed by atoms with Gasteiger partial charge in [0.25, 0.3) is 5.56 Å². The second kappa shape index (κ2) is 7.58. The van der Waals surface area contributed by atoms with Crippen molar-refractivity contribution in [2.45, 2.75) is 70.3 Å². The normalized spacial score (nSPS) is 20.4. The number of aliphatic imine (C=N–C) groups is 1. The molecule has 1 saturated carbocycles. The lowest BCUT2D eigenvalue weighted by atomic mass is 9.95. The first-order chi connectivity index (χ1) is 13.0. The molecule has 1 aliphatic heterocycles. The minimum absolute atomic E-state index is 0.0143. The Morgan fingerprint density at radius 3 is 2.78 bits per heavy atom. The van der Waals surface area contributed by atoms with Gasteiger partial charge in [0.1, 0.15) is 5.75 Å². The molecule has 0 amide bonds. The van der Waals surface area contributed by atoms with Crippen molar-refractivity contribution < 1.29 is 4.74 Å². The molecule has 1 aromatic carbocycles. The van der Waals surface area contributed by atoms with E-state index in [9.17, 15) is 4.79 Å². The maximum Gasteiger partial charge on any atom is 0.271 e. The molecule has 6 heteroatoms. The quantitative estimate of drug-likeness (QED) is 0.771. The third kappa shape index (κ3) is 3.72. The average Bonchev–Trinajstić information content (AvgIpc) is 2.98. The number of hydrogen-bond donors (Lipinski definition) is 1. The molecule has 0 spiro atoms. The highest BCUT2D eigenvalue weighted by Crippen LogP contribution is 2.45. The van der Waals surface area contributed by atoms with Crippen LogP contribution in [0, 0.1) is 0 Å². The number of hydrogen-bond acceptors (Lipinski definition) is 4. The highest BCUT2D eigenvalue weighted by molar-refractivity contribution is 8.14. The SMILES string of the molecule is CC1=Nc2c(c(=O)[nH]n2C2CCCCC2)[C@H](c2cccc(OC(C)C)c2)S1. The Morgan fingerprint density at radius 2 is 2.04 bits per heavy atom. The fourth-order valence-electron chi connectivity index (χ4n) is 4.07. The lowest BCUT2D eigenvalue weighted by molar-refractivity contribution is 0.242. The van der Waals surface area contributed by atoms with Gasteiger partial charge in [0, 0.05) is 0 Å².